The van der Waals surface area contributed by atoms with Gasteiger partial charge in [-0.25, -0.2) is 0 Å². The molecular weight excluding hydrogens is 475 g/mol. The van der Waals surface area contributed by atoms with Crippen molar-refractivity contribution >= 4 is 23.1 Å². The van der Waals surface area contributed by atoms with Gasteiger partial charge in [0.25, 0.3) is 0 Å². The van der Waals surface area contributed by atoms with Crippen LogP contribution >= 0.6 is 0 Å². The molecule has 0 aromatic heterocycles. The van der Waals surface area contributed by atoms with Crippen molar-refractivity contribution in [1.82, 2.24) is 0 Å². The molecule has 0 aliphatic heterocycles. The quantitative estimate of drug-likeness (QED) is 0.446. The number of hydrogen-bond donors (Lipinski definition) is 0. The Labute approximate surface area is 203 Å². The molecule has 2 rings (SSSR count). The van der Waals surface area contributed by atoms with E-state index in [-0.39, 0.29) is 62.5 Å². The molecule has 0 spiro atoms. The predicted octanol–water partition coefficient (Wildman–Crippen LogP) is 0.684. The second kappa shape index (κ2) is 22.4. The van der Waals surface area contributed by atoms with Crippen molar-refractivity contribution in [2.75, 3.05) is 13.2 Å². The molecule has 0 bridgehead atoms. The van der Waals surface area contributed by atoms with Gasteiger partial charge in [-0.15, -0.1) is 13.2 Å². The first-order valence-corrected chi connectivity index (χ1v) is 9.28. The fourth-order valence-electron chi connectivity index (χ4n) is 1.74. The van der Waals surface area contributed by atoms with E-state index in [1.165, 1.54) is 13.8 Å². The zero-order valence-corrected chi connectivity index (χ0v) is 20.7. The summed E-state index contributed by atoms with van der Waals surface area (Å²) in [6, 6.07) is 17.4. The molecule has 2 aromatic rings. The normalized spacial score (nSPS) is 9.87. The molecule has 0 fully saturated rings. The van der Waals surface area contributed by atoms with Gasteiger partial charge in [0.15, 0.2) is 11.6 Å². The van der Waals surface area contributed by atoms with E-state index in [1.807, 2.05) is 12.1 Å². The third-order valence-electron chi connectivity index (χ3n) is 2.79. The zero-order chi connectivity index (χ0) is 23.4. The van der Waals surface area contributed by atoms with Gasteiger partial charge < -0.3 is 20.4 Å². The van der Waals surface area contributed by atoms with Gasteiger partial charge in [-0.2, -0.15) is 0 Å². The molecule has 0 aliphatic rings. The maximum absolute atomic E-state index is 11.2. The molecule has 0 aliphatic carbocycles. The molecule has 0 amide bonds. The largest absolute Gasteiger partial charge is 0.872 e. The van der Waals surface area contributed by atoms with Crippen molar-refractivity contribution in [3.63, 3.8) is 0 Å². The Balaban J connectivity index is -0.000000394. The second-order valence-electron chi connectivity index (χ2n) is 5.55. The summed E-state index contributed by atoms with van der Waals surface area (Å²) in [4.78, 5) is 21.1. The average molecular weight is 504 g/mol. The van der Waals surface area contributed by atoms with E-state index in [2.05, 4.69) is 0 Å². The Morgan fingerprint density at radius 1 is 0.677 bits per heavy atom. The third kappa shape index (κ3) is 20.7. The van der Waals surface area contributed by atoms with E-state index in [4.69, 9.17) is 10.2 Å². The summed E-state index contributed by atoms with van der Waals surface area (Å²) >= 11 is 0. The zero-order valence-electron chi connectivity index (χ0n) is 18.3. The van der Waals surface area contributed by atoms with Gasteiger partial charge in [0, 0.05) is 26.2 Å². The fraction of sp³-hybridized carbons (Fsp3) is 0.250. The van der Waals surface area contributed by atoms with Crippen LogP contribution < -0.4 is 20.4 Å². The maximum atomic E-state index is 11.2. The van der Waals surface area contributed by atoms with Crippen LogP contribution in [0.4, 0.5) is 0 Å². The Bertz CT molecular complexity index is 704. The molecule has 0 saturated heterocycles. The van der Waals surface area contributed by atoms with Crippen LogP contribution in [0.1, 0.15) is 38.8 Å². The molecular formula is C24H28O6Zr-4. The molecule has 0 unspecified atom stereocenters. The van der Waals surface area contributed by atoms with Crippen LogP contribution in [0.5, 0.6) is 0 Å². The van der Waals surface area contributed by atoms with Crippen LogP contribution in [0.25, 0.3) is 11.5 Å². The van der Waals surface area contributed by atoms with Gasteiger partial charge in [0.1, 0.15) is 0 Å². The van der Waals surface area contributed by atoms with E-state index in [0.29, 0.717) is 11.1 Å². The van der Waals surface area contributed by atoms with Crippen molar-refractivity contribution in [3.8, 4) is 0 Å². The summed E-state index contributed by atoms with van der Waals surface area (Å²) in [6.45, 7) is 5.86. The standard InChI is InChI=1S/2C10H10O2.2C2H5O.Zr/c2*1-8(11)7-10(12)9-5-3-2-4-6-9;2*1-2-3;/h2*2-7,12H,1H3;2*2H2,1H3;/q;;2*-1;/p-2/b2*10-7-;;;. The number of carbonyl (C=O) groups excluding carboxylic acids is 2. The first-order valence-electron chi connectivity index (χ1n) is 9.28. The third-order valence-corrected chi connectivity index (χ3v) is 2.79. The first kappa shape index (κ1) is 33.3. The van der Waals surface area contributed by atoms with Crippen LogP contribution in [0, 0.1) is 0 Å². The van der Waals surface area contributed by atoms with Crippen LogP contribution in [0.15, 0.2) is 72.8 Å². The van der Waals surface area contributed by atoms with Gasteiger partial charge in [-0.3, -0.25) is 9.59 Å². The molecule has 6 nitrogen and oxygen atoms in total. The predicted molar refractivity (Wildman–Crippen MR) is 111 cm³/mol. The monoisotopic (exact) mass is 502 g/mol. The summed E-state index contributed by atoms with van der Waals surface area (Å²) < 4.78 is 0. The SMILES string of the molecule is CC(=O)/C=C(\[O-])c1ccccc1.CC(=O)/C=C(\[O-])c1ccccc1.CC[O-].CC[O-].[Zr]. The van der Waals surface area contributed by atoms with Crippen molar-refractivity contribution in [1.29, 1.82) is 0 Å². The minimum Gasteiger partial charge on any atom is -0.872 e. The van der Waals surface area contributed by atoms with Crippen LogP contribution in [0.2, 0.25) is 0 Å². The molecule has 2 aromatic carbocycles. The molecule has 31 heavy (non-hydrogen) atoms. The Kier molecular flexibility index (Phi) is 24.0. The number of benzene rings is 2. The van der Waals surface area contributed by atoms with Crippen LogP contribution in [-0.4, -0.2) is 24.8 Å². The molecule has 7 heteroatoms. The molecule has 0 N–H and O–H groups in total. The minimum atomic E-state index is -0.233. The maximum Gasteiger partial charge on any atom is 0.152 e. The van der Waals surface area contributed by atoms with E-state index in [0.717, 1.165) is 12.2 Å². The summed E-state index contributed by atoms with van der Waals surface area (Å²) in [5, 5.41) is 40.2. The summed E-state index contributed by atoms with van der Waals surface area (Å²) in [7, 11) is 0. The topological polar surface area (TPSA) is 126 Å². The summed E-state index contributed by atoms with van der Waals surface area (Å²) in [6.07, 6.45) is 2.19. The second-order valence-corrected chi connectivity index (χ2v) is 5.55. The number of carbonyl (C=O) groups is 2. The smallest absolute Gasteiger partial charge is 0.152 e. The van der Waals surface area contributed by atoms with E-state index < -0.39 is 0 Å². The summed E-state index contributed by atoms with van der Waals surface area (Å²) in [5.74, 6) is -0.904. The minimum absolute atomic E-state index is 0. The Morgan fingerprint density at radius 3 is 1.10 bits per heavy atom. The number of ketones is 2. The van der Waals surface area contributed by atoms with Crippen LogP contribution in [0.3, 0.4) is 0 Å². The van der Waals surface area contributed by atoms with Crippen LogP contribution in [-0.2, 0) is 35.8 Å². The van der Waals surface area contributed by atoms with E-state index >= 15 is 0 Å². The fourth-order valence-corrected chi connectivity index (χ4v) is 1.74. The van der Waals surface area contributed by atoms with Gasteiger partial charge in [-0.05, 0) is 37.1 Å². The van der Waals surface area contributed by atoms with Crippen molar-refractivity contribution in [3.05, 3.63) is 83.9 Å². The average Bonchev–Trinajstić information content (AvgIpc) is 2.70. The van der Waals surface area contributed by atoms with Crippen molar-refractivity contribution in [2.45, 2.75) is 27.7 Å². The Morgan fingerprint density at radius 2 is 0.903 bits per heavy atom. The first-order chi connectivity index (χ1) is 14.2. The molecule has 0 radical (unpaired) electrons. The Hall–Kier alpha value is -2.34. The van der Waals surface area contributed by atoms with E-state index in [1.54, 1.807) is 62.4 Å². The number of rotatable bonds is 4. The van der Waals surface area contributed by atoms with Gasteiger partial charge in [0.05, 0.1) is 0 Å². The van der Waals surface area contributed by atoms with Crippen molar-refractivity contribution < 1.29 is 56.2 Å². The van der Waals surface area contributed by atoms with Crippen molar-refractivity contribution in [2.24, 2.45) is 0 Å². The molecule has 168 valence electrons. The van der Waals surface area contributed by atoms with Gasteiger partial charge in [-0.1, -0.05) is 86.0 Å². The van der Waals surface area contributed by atoms with Gasteiger partial charge >= 0.3 is 0 Å². The van der Waals surface area contributed by atoms with E-state index in [9.17, 15) is 19.8 Å². The van der Waals surface area contributed by atoms with Gasteiger partial charge in [0.2, 0.25) is 0 Å². The molecule has 0 atom stereocenters. The number of hydrogen-bond acceptors (Lipinski definition) is 6. The summed E-state index contributed by atoms with van der Waals surface area (Å²) in [5.41, 5.74) is 1.10. The molecule has 0 saturated carbocycles. The molecule has 0 heterocycles. The number of allylic oxidation sites excluding steroid dienone is 2.